The van der Waals surface area contributed by atoms with Gasteiger partial charge in [-0.15, -0.1) is 0 Å². The first-order chi connectivity index (χ1) is 11.9. The topological polar surface area (TPSA) is 51.1 Å². The van der Waals surface area contributed by atoms with E-state index in [9.17, 15) is 9.59 Å². The van der Waals surface area contributed by atoms with Crippen molar-refractivity contribution in [3.8, 4) is 0 Å². The second-order valence-electron chi connectivity index (χ2n) is 6.32. The summed E-state index contributed by atoms with van der Waals surface area (Å²) in [4.78, 5) is 24.6. The van der Waals surface area contributed by atoms with Crippen molar-refractivity contribution in [2.75, 3.05) is 5.32 Å². The van der Waals surface area contributed by atoms with Crippen LogP contribution in [0.25, 0.3) is 10.9 Å². The molecule has 1 N–H and O–H groups in total. The molecular weight excluding hydrogens is 336 g/mol. The van der Waals surface area contributed by atoms with Crippen molar-refractivity contribution in [2.24, 2.45) is 0 Å². The monoisotopic (exact) mass is 354 g/mol. The predicted octanol–water partition coefficient (Wildman–Crippen LogP) is 5.33. The lowest BCUT2D eigenvalue weighted by Crippen LogP contribution is -2.12. The Hall–Kier alpha value is -2.59. The standard InChI is InChI=1S/C20H19ClN2O2/c1-12(2)14-4-7-16(8-5-14)22-20(25)18-11-23(13(3)24)19-10-15(21)6-9-17(18)19/h4-12H,1-3H3,(H,22,25). The third-order valence-electron chi connectivity index (χ3n) is 4.19. The van der Waals surface area contributed by atoms with E-state index in [0.717, 1.165) is 0 Å². The van der Waals surface area contributed by atoms with Gasteiger partial charge in [0.05, 0.1) is 11.1 Å². The number of nitrogens with one attached hydrogen (secondary N) is 1. The number of anilines is 1. The zero-order chi connectivity index (χ0) is 18.1. The molecule has 3 rings (SSSR count). The maximum Gasteiger partial charge on any atom is 0.257 e. The molecule has 0 unspecified atom stereocenters. The Kier molecular flexibility index (Phi) is 4.64. The molecule has 128 valence electrons. The summed E-state index contributed by atoms with van der Waals surface area (Å²) < 4.78 is 1.44. The summed E-state index contributed by atoms with van der Waals surface area (Å²) in [6, 6.07) is 12.9. The van der Waals surface area contributed by atoms with E-state index in [-0.39, 0.29) is 11.8 Å². The molecule has 1 aromatic heterocycles. The largest absolute Gasteiger partial charge is 0.322 e. The van der Waals surface area contributed by atoms with Gasteiger partial charge in [-0.05, 0) is 35.7 Å². The number of aromatic nitrogens is 1. The lowest BCUT2D eigenvalue weighted by atomic mass is 10.0. The van der Waals surface area contributed by atoms with Crippen LogP contribution in [0, 0.1) is 0 Å². The molecule has 3 aromatic rings. The van der Waals surface area contributed by atoms with Gasteiger partial charge in [0.2, 0.25) is 5.91 Å². The molecule has 0 saturated heterocycles. The number of halogens is 1. The molecule has 0 saturated carbocycles. The van der Waals surface area contributed by atoms with Gasteiger partial charge in [0.15, 0.2) is 0 Å². The second kappa shape index (κ2) is 6.73. The third kappa shape index (κ3) is 3.44. The highest BCUT2D eigenvalue weighted by Gasteiger charge is 2.17. The lowest BCUT2D eigenvalue weighted by Gasteiger charge is -2.08. The summed E-state index contributed by atoms with van der Waals surface area (Å²) in [5.74, 6) is 0.000245. The summed E-state index contributed by atoms with van der Waals surface area (Å²) in [7, 11) is 0. The molecule has 2 aromatic carbocycles. The Balaban J connectivity index is 1.95. The Labute approximate surface area is 151 Å². The average molecular weight is 355 g/mol. The second-order valence-corrected chi connectivity index (χ2v) is 6.76. The predicted molar refractivity (Wildman–Crippen MR) is 102 cm³/mol. The van der Waals surface area contributed by atoms with Gasteiger partial charge >= 0.3 is 0 Å². The van der Waals surface area contributed by atoms with E-state index in [1.807, 2.05) is 24.3 Å². The molecule has 0 fully saturated rings. The van der Waals surface area contributed by atoms with Crippen LogP contribution in [0.3, 0.4) is 0 Å². The van der Waals surface area contributed by atoms with Crippen LogP contribution >= 0.6 is 11.6 Å². The van der Waals surface area contributed by atoms with Crippen LogP contribution in [0.4, 0.5) is 5.69 Å². The van der Waals surface area contributed by atoms with Crippen molar-refractivity contribution >= 4 is 40.0 Å². The van der Waals surface area contributed by atoms with E-state index in [1.54, 1.807) is 24.4 Å². The van der Waals surface area contributed by atoms with Crippen LogP contribution < -0.4 is 5.32 Å². The third-order valence-corrected chi connectivity index (χ3v) is 4.42. The molecular formula is C20H19ClN2O2. The van der Waals surface area contributed by atoms with Gasteiger partial charge in [-0.25, -0.2) is 0 Å². The van der Waals surface area contributed by atoms with Crippen LogP contribution in [0.2, 0.25) is 5.02 Å². The van der Waals surface area contributed by atoms with Gasteiger partial charge in [-0.2, -0.15) is 0 Å². The molecule has 1 heterocycles. The SMILES string of the molecule is CC(=O)n1cc(C(=O)Nc2ccc(C(C)C)cc2)c2ccc(Cl)cc21. The lowest BCUT2D eigenvalue weighted by molar-refractivity contribution is 0.0941. The zero-order valence-corrected chi connectivity index (χ0v) is 15.1. The Morgan fingerprint density at radius 2 is 1.76 bits per heavy atom. The zero-order valence-electron chi connectivity index (χ0n) is 14.3. The number of fused-ring (bicyclic) bond motifs is 1. The highest BCUT2D eigenvalue weighted by Crippen LogP contribution is 2.26. The van der Waals surface area contributed by atoms with E-state index in [1.165, 1.54) is 17.1 Å². The first-order valence-electron chi connectivity index (χ1n) is 8.09. The first-order valence-corrected chi connectivity index (χ1v) is 8.47. The van der Waals surface area contributed by atoms with Crippen LogP contribution in [-0.2, 0) is 0 Å². The van der Waals surface area contributed by atoms with Gasteiger partial charge in [0.1, 0.15) is 0 Å². The number of hydrogen-bond donors (Lipinski definition) is 1. The van der Waals surface area contributed by atoms with E-state index in [0.29, 0.717) is 33.1 Å². The summed E-state index contributed by atoms with van der Waals surface area (Å²) in [6.45, 7) is 5.69. The summed E-state index contributed by atoms with van der Waals surface area (Å²) in [5, 5.41) is 4.10. The Bertz CT molecular complexity index is 956. The minimum Gasteiger partial charge on any atom is -0.322 e. The number of carbonyl (C=O) groups is 2. The van der Waals surface area contributed by atoms with Crippen molar-refractivity contribution < 1.29 is 9.59 Å². The fourth-order valence-electron chi connectivity index (χ4n) is 2.79. The molecule has 0 aliphatic rings. The maximum atomic E-state index is 12.7. The number of nitrogens with zero attached hydrogens (tertiary/aromatic N) is 1. The summed E-state index contributed by atoms with van der Waals surface area (Å²) in [5.41, 5.74) is 2.99. The van der Waals surface area contributed by atoms with Crippen molar-refractivity contribution in [3.63, 3.8) is 0 Å². The van der Waals surface area contributed by atoms with Gasteiger partial charge < -0.3 is 5.32 Å². The van der Waals surface area contributed by atoms with Crippen LogP contribution in [-0.4, -0.2) is 16.4 Å². The molecule has 1 amide bonds. The molecule has 0 bridgehead atoms. The molecule has 0 aliphatic carbocycles. The molecule has 0 atom stereocenters. The Morgan fingerprint density at radius 3 is 2.36 bits per heavy atom. The number of benzene rings is 2. The first kappa shape index (κ1) is 17.2. The van der Waals surface area contributed by atoms with Crippen molar-refractivity contribution in [1.29, 1.82) is 0 Å². The number of amides is 1. The van der Waals surface area contributed by atoms with Crippen molar-refractivity contribution in [3.05, 3.63) is 64.8 Å². The van der Waals surface area contributed by atoms with Gasteiger partial charge in [0.25, 0.3) is 5.91 Å². The van der Waals surface area contributed by atoms with E-state index >= 15 is 0 Å². The fraction of sp³-hybridized carbons (Fsp3) is 0.200. The minimum atomic E-state index is -0.260. The van der Waals surface area contributed by atoms with Crippen LogP contribution in [0.15, 0.2) is 48.7 Å². The summed E-state index contributed by atoms with van der Waals surface area (Å²) >= 11 is 6.03. The molecule has 4 nitrogen and oxygen atoms in total. The maximum absolute atomic E-state index is 12.7. The molecule has 0 radical (unpaired) electrons. The van der Waals surface area contributed by atoms with Crippen molar-refractivity contribution in [2.45, 2.75) is 26.7 Å². The minimum absolute atomic E-state index is 0.174. The average Bonchev–Trinajstić information content (AvgIpc) is 2.94. The molecule has 25 heavy (non-hydrogen) atoms. The van der Waals surface area contributed by atoms with E-state index in [4.69, 9.17) is 11.6 Å². The van der Waals surface area contributed by atoms with Crippen molar-refractivity contribution in [1.82, 2.24) is 4.57 Å². The van der Waals surface area contributed by atoms with Gasteiger partial charge in [-0.1, -0.05) is 43.6 Å². The highest BCUT2D eigenvalue weighted by atomic mass is 35.5. The highest BCUT2D eigenvalue weighted by molar-refractivity contribution is 6.31. The molecule has 0 aliphatic heterocycles. The fourth-order valence-corrected chi connectivity index (χ4v) is 2.96. The van der Waals surface area contributed by atoms with Gasteiger partial charge in [-0.3, -0.25) is 14.2 Å². The number of hydrogen-bond acceptors (Lipinski definition) is 2. The summed E-state index contributed by atoms with van der Waals surface area (Å²) in [6.07, 6.45) is 1.56. The number of rotatable bonds is 3. The van der Waals surface area contributed by atoms with Crippen LogP contribution in [0.1, 0.15) is 47.4 Å². The smallest absolute Gasteiger partial charge is 0.257 e. The van der Waals surface area contributed by atoms with Gasteiger partial charge in [0, 0.05) is 29.2 Å². The number of carbonyl (C=O) groups excluding carboxylic acids is 2. The normalized spacial score (nSPS) is 11.1. The quantitative estimate of drug-likeness (QED) is 0.691. The Morgan fingerprint density at radius 1 is 1.08 bits per heavy atom. The molecule has 0 spiro atoms. The van der Waals surface area contributed by atoms with Crippen LogP contribution in [0.5, 0.6) is 0 Å². The molecule has 5 heteroatoms. The van der Waals surface area contributed by atoms with E-state index in [2.05, 4.69) is 19.2 Å². The van der Waals surface area contributed by atoms with E-state index < -0.39 is 0 Å².